The molecule has 0 saturated heterocycles. The van der Waals surface area contributed by atoms with Crippen LogP contribution < -0.4 is 43.6 Å². The number of ether oxygens (including phenoxy) is 1. The van der Waals surface area contributed by atoms with Gasteiger partial charge in [-0.2, -0.15) is 13.6 Å². The molecule has 1 rings (SSSR count). The molecule has 0 amide bonds. The fourth-order valence-corrected chi connectivity index (χ4v) is 1.92. The Bertz CT molecular complexity index is 645. The average Bonchev–Trinajstić information content (AvgIpc) is 2.24. The summed E-state index contributed by atoms with van der Waals surface area (Å²) in [5.41, 5.74) is -0.324. The van der Waals surface area contributed by atoms with Crippen LogP contribution in [0.1, 0.15) is 27.8 Å². The molecule has 114 valence electrons. The molecule has 1 aromatic carbocycles. The molecule has 10 heteroatoms. The van der Waals surface area contributed by atoms with E-state index in [1.54, 1.807) is 0 Å². The van der Waals surface area contributed by atoms with Crippen LogP contribution in [0.4, 0.5) is 5.69 Å². The first kappa shape index (κ1) is 20.1. The molecular formula is C11H17N2NaO6S. The normalized spacial score (nSPS) is 11.5. The maximum atomic E-state index is 11.1. The van der Waals surface area contributed by atoms with Gasteiger partial charge in [-0.1, -0.05) is 20.8 Å². The molecule has 0 spiro atoms. The van der Waals surface area contributed by atoms with Crippen LogP contribution in [0, 0.1) is 10.1 Å². The molecule has 8 nitrogen and oxygen atoms in total. The quantitative estimate of drug-likeness (QED) is 0.412. The summed E-state index contributed by atoms with van der Waals surface area (Å²) in [4.78, 5) is 10.4. The SMILES string of the molecule is COc1c(OS(N)(=O)=O)cc(C(C)(C)C)cc1[N+](=O)[O-].[H-].[Na+]. The number of methoxy groups -OCH3 is 1. The Morgan fingerprint density at radius 3 is 2.19 bits per heavy atom. The molecule has 2 N–H and O–H groups in total. The van der Waals surface area contributed by atoms with Gasteiger partial charge < -0.3 is 10.3 Å². The summed E-state index contributed by atoms with van der Waals surface area (Å²) >= 11 is 0. The third-order valence-electron chi connectivity index (χ3n) is 2.51. The molecule has 0 aliphatic carbocycles. The molecular weight excluding hydrogens is 311 g/mol. The summed E-state index contributed by atoms with van der Waals surface area (Å²) < 4.78 is 31.5. The van der Waals surface area contributed by atoms with E-state index < -0.39 is 26.3 Å². The van der Waals surface area contributed by atoms with Crippen molar-refractivity contribution in [3.05, 3.63) is 27.8 Å². The van der Waals surface area contributed by atoms with Crippen LogP contribution in [0.25, 0.3) is 0 Å². The maximum Gasteiger partial charge on any atom is 1.00 e. The average molecular weight is 328 g/mol. The molecule has 0 heterocycles. The molecule has 0 aliphatic rings. The first-order valence-electron chi connectivity index (χ1n) is 5.55. The van der Waals surface area contributed by atoms with Gasteiger partial charge in [0.15, 0.2) is 5.75 Å². The van der Waals surface area contributed by atoms with Gasteiger partial charge in [0.05, 0.1) is 12.0 Å². The van der Waals surface area contributed by atoms with Crippen molar-refractivity contribution in [2.24, 2.45) is 5.14 Å². The second kappa shape index (κ2) is 6.93. The van der Waals surface area contributed by atoms with Gasteiger partial charge in [0, 0.05) is 6.07 Å². The summed E-state index contributed by atoms with van der Waals surface area (Å²) in [6.45, 7) is 5.46. The van der Waals surface area contributed by atoms with Crippen molar-refractivity contribution in [1.29, 1.82) is 0 Å². The first-order valence-corrected chi connectivity index (χ1v) is 7.02. The standard InChI is InChI=1S/C11H16N2O6S.Na.H/c1-11(2,3)7-5-8(13(14)15)10(18-4)9(6-7)19-20(12,16)17;;/h5-6H,1-4H3,(H2,12,16,17);;/q;+1;-1. The van der Waals surface area contributed by atoms with E-state index in [-0.39, 0.29) is 42.5 Å². The molecule has 0 fully saturated rings. The van der Waals surface area contributed by atoms with E-state index in [1.165, 1.54) is 19.2 Å². The predicted molar refractivity (Wildman–Crippen MR) is 73.2 cm³/mol. The third kappa shape index (κ3) is 5.44. The molecule has 21 heavy (non-hydrogen) atoms. The van der Waals surface area contributed by atoms with Crippen molar-refractivity contribution in [2.45, 2.75) is 26.2 Å². The van der Waals surface area contributed by atoms with E-state index in [0.717, 1.165) is 0 Å². The van der Waals surface area contributed by atoms with Crippen LogP contribution in [0.5, 0.6) is 11.5 Å². The van der Waals surface area contributed by atoms with Gasteiger partial charge in [0.25, 0.3) is 0 Å². The Balaban J connectivity index is 0. The van der Waals surface area contributed by atoms with E-state index in [9.17, 15) is 18.5 Å². The minimum absolute atomic E-state index is 0. The Morgan fingerprint density at radius 2 is 1.86 bits per heavy atom. The van der Waals surface area contributed by atoms with Crippen molar-refractivity contribution < 1.29 is 53.2 Å². The zero-order chi connectivity index (χ0) is 15.7. The monoisotopic (exact) mass is 328 g/mol. The summed E-state index contributed by atoms with van der Waals surface area (Å²) in [5.74, 6) is -0.605. The number of hydrogen-bond donors (Lipinski definition) is 1. The van der Waals surface area contributed by atoms with Gasteiger partial charge >= 0.3 is 45.5 Å². The van der Waals surface area contributed by atoms with Gasteiger partial charge in [0.1, 0.15) is 0 Å². The zero-order valence-corrected chi connectivity index (χ0v) is 15.4. The molecule has 0 aliphatic heterocycles. The second-order valence-corrected chi connectivity index (χ2v) is 6.26. The molecule has 0 saturated carbocycles. The molecule has 0 atom stereocenters. The molecule has 0 radical (unpaired) electrons. The Kier molecular flexibility index (Phi) is 6.64. The van der Waals surface area contributed by atoms with Crippen LogP contribution in [0.15, 0.2) is 12.1 Å². The van der Waals surface area contributed by atoms with Crippen LogP contribution in [0.2, 0.25) is 0 Å². The summed E-state index contributed by atoms with van der Waals surface area (Å²) in [5, 5.41) is 15.9. The molecule has 0 bridgehead atoms. The van der Waals surface area contributed by atoms with E-state index in [1.807, 2.05) is 20.8 Å². The fourth-order valence-electron chi connectivity index (χ4n) is 1.55. The van der Waals surface area contributed by atoms with Crippen LogP contribution in [0.3, 0.4) is 0 Å². The number of benzene rings is 1. The summed E-state index contributed by atoms with van der Waals surface area (Å²) in [7, 11) is -3.14. The van der Waals surface area contributed by atoms with Crippen LogP contribution >= 0.6 is 0 Å². The van der Waals surface area contributed by atoms with Crippen LogP contribution in [-0.4, -0.2) is 20.5 Å². The Morgan fingerprint density at radius 1 is 1.33 bits per heavy atom. The predicted octanol–water partition coefficient (Wildman–Crippen LogP) is -1.40. The minimum atomic E-state index is -4.32. The number of nitrogens with zero attached hydrogens (tertiary/aromatic N) is 1. The number of nitrogens with two attached hydrogens (primary N) is 1. The third-order valence-corrected chi connectivity index (χ3v) is 2.92. The molecule has 1 aromatic rings. The summed E-state index contributed by atoms with van der Waals surface area (Å²) in [6.07, 6.45) is 0. The minimum Gasteiger partial charge on any atom is -1.00 e. The summed E-state index contributed by atoms with van der Waals surface area (Å²) in [6, 6.07) is 2.67. The molecule has 0 unspecified atom stereocenters. The largest absolute Gasteiger partial charge is 1.00 e. The van der Waals surface area contributed by atoms with E-state index in [4.69, 9.17) is 9.88 Å². The zero-order valence-electron chi connectivity index (χ0n) is 13.5. The second-order valence-electron chi connectivity index (χ2n) is 5.11. The van der Waals surface area contributed by atoms with Gasteiger partial charge in [-0.3, -0.25) is 10.1 Å². The number of rotatable bonds is 4. The fraction of sp³-hybridized carbons (Fsp3) is 0.455. The topological polar surface area (TPSA) is 122 Å². The number of nitro benzene ring substituents is 1. The maximum absolute atomic E-state index is 11.1. The Labute approximate surface area is 146 Å². The van der Waals surface area contributed by atoms with Gasteiger partial charge in [-0.25, -0.2) is 0 Å². The van der Waals surface area contributed by atoms with Crippen molar-refractivity contribution in [3.63, 3.8) is 0 Å². The van der Waals surface area contributed by atoms with Gasteiger partial charge in [0.2, 0.25) is 5.75 Å². The number of nitro groups is 1. The van der Waals surface area contributed by atoms with Gasteiger partial charge in [-0.15, -0.1) is 0 Å². The number of hydrogen-bond acceptors (Lipinski definition) is 6. The smallest absolute Gasteiger partial charge is 1.00 e. The van der Waals surface area contributed by atoms with E-state index >= 15 is 0 Å². The van der Waals surface area contributed by atoms with Crippen molar-refractivity contribution in [2.75, 3.05) is 7.11 Å². The van der Waals surface area contributed by atoms with Crippen molar-refractivity contribution >= 4 is 16.0 Å². The van der Waals surface area contributed by atoms with Gasteiger partial charge in [-0.05, 0) is 17.0 Å². The Hall–Kier alpha value is -0.870. The van der Waals surface area contributed by atoms with E-state index in [0.29, 0.717) is 5.56 Å². The first-order chi connectivity index (χ1) is 8.95. The van der Waals surface area contributed by atoms with E-state index in [2.05, 4.69) is 4.18 Å². The van der Waals surface area contributed by atoms with Crippen LogP contribution in [-0.2, 0) is 15.7 Å². The molecule has 0 aromatic heterocycles. The van der Waals surface area contributed by atoms with Crippen molar-refractivity contribution in [1.82, 2.24) is 0 Å². The van der Waals surface area contributed by atoms with Crippen molar-refractivity contribution in [3.8, 4) is 11.5 Å².